The number of carbonyl (C=O) groups excluding carboxylic acids is 3. The maximum absolute atomic E-state index is 12.2. The summed E-state index contributed by atoms with van der Waals surface area (Å²) < 4.78 is 5.04. The standard InChI is InChI=1S/C19H22N2O4S2/c22-17(21-19(24)20-9-8-14-6-4-10-26-14)12-25-18(23)16-11-13-5-2-1-3-7-15(13)27-16/h4,6,10-11H,1-3,5,7-9,12H2,(H2,20,21,22,24). The minimum atomic E-state index is -0.643. The highest BCUT2D eigenvalue weighted by Crippen LogP contribution is 2.29. The summed E-state index contributed by atoms with van der Waals surface area (Å²) in [5, 5.41) is 6.74. The first kappa shape index (κ1) is 19.6. The van der Waals surface area contributed by atoms with Gasteiger partial charge in [0.2, 0.25) is 0 Å². The number of nitrogens with one attached hydrogen (secondary N) is 2. The van der Waals surface area contributed by atoms with Crippen LogP contribution in [0.5, 0.6) is 0 Å². The number of ether oxygens (including phenoxy) is 1. The van der Waals surface area contributed by atoms with Crippen molar-refractivity contribution in [2.45, 2.75) is 38.5 Å². The lowest BCUT2D eigenvalue weighted by Gasteiger charge is -2.06. The first-order chi connectivity index (χ1) is 13.1. The Bertz CT molecular complexity index is 775. The summed E-state index contributed by atoms with van der Waals surface area (Å²) in [4.78, 5) is 38.5. The number of fused-ring (bicyclic) bond motifs is 1. The minimum absolute atomic E-state index is 0.431. The molecule has 1 aliphatic carbocycles. The van der Waals surface area contributed by atoms with Gasteiger partial charge in [0, 0.05) is 16.3 Å². The fraction of sp³-hybridized carbons (Fsp3) is 0.421. The molecule has 0 unspecified atom stereocenters. The SMILES string of the molecule is O=C(COC(=O)c1cc2c(s1)CCCCC2)NC(=O)NCCc1cccs1. The van der Waals surface area contributed by atoms with Gasteiger partial charge >= 0.3 is 12.0 Å². The summed E-state index contributed by atoms with van der Waals surface area (Å²) in [5.41, 5.74) is 1.22. The van der Waals surface area contributed by atoms with E-state index in [0.717, 1.165) is 30.6 Å². The number of thiophene rings is 2. The van der Waals surface area contributed by atoms with Gasteiger partial charge in [-0.05, 0) is 55.2 Å². The molecule has 0 saturated heterocycles. The number of aryl methyl sites for hydroxylation is 2. The van der Waals surface area contributed by atoms with E-state index in [1.165, 1.54) is 28.2 Å². The second-order valence-electron chi connectivity index (χ2n) is 6.33. The Hall–Kier alpha value is -2.19. The van der Waals surface area contributed by atoms with Crippen molar-refractivity contribution in [3.8, 4) is 0 Å². The molecule has 2 heterocycles. The van der Waals surface area contributed by atoms with E-state index in [1.54, 1.807) is 11.3 Å². The van der Waals surface area contributed by atoms with Crippen LogP contribution in [-0.2, 0) is 28.8 Å². The van der Waals surface area contributed by atoms with Gasteiger partial charge in [-0.2, -0.15) is 0 Å². The second kappa shape index (κ2) is 9.66. The average molecular weight is 407 g/mol. The third kappa shape index (κ3) is 5.90. The first-order valence-corrected chi connectivity index (χ1v) is 10.7. The van der Waals surface area contributed by atoms with Crippen LogP contribution >= 0.6 is 22.7 Å². The molecule has 0 radical (unpaired) electrons. The van der Waals surface area contributed by atoms with Crippen molar-refractivity contribution < 1.29 is 19.1 Å². The van der Waals surface area contributed by atoms with Gasteiger partial charge in [0.05, 0.1) is 0 Å². The first-order valence-electron chi connectivity index (χ1n) is 9.00. The Morgan fingerprint density at radius 2 is 2.00 bits per heavy atom. The lowest BCUT2D eigenvalue weighted by molar-refractivity contribution is -0.123. The van der Waals surface area contributed by atoms with Crippen molar-refractivity contribution in [1.29, 1.82) is 0 Å². The lowest BCUT2D eigenvalue weighted by atomic mass is 10.1. The van der Waals surface area contributed by atoms with Crippen molar-refractivity contribution in [3.63, 3.8) is 0 Å². The van der Waals surface area contributed by atoms with Gasteiger partial charge in [0.1, 0.15) is 4.88 Å². The van der Waals surface area contributed by atoms with E-state index in [1.807, 2.05) is 23.6 Å². The van der Waals surface area contributed by atoms with E-state index in [-0.39, 0.29) is 0 Å². The molecule has 2 N–H and O–H groups in total. The van der Waals surface area contributed by atoms with E-state index in [0.29, 0.717) is 17.8 Å². The quantitative estimate of drug-likeness (QED) is 0.569. The number of amides is 3. The van der Waals surface area contributed by atoms with E-state index >= 15 is 0 Å². The third-order valence-corrected chi connectivity index (χ3v) is 6.43. The van der Waals surface area contributed by atoms with Crippen LogP contribution in [0.4, 0.5) is 4.79 Å². The molecule has 3 amide bonds. The monoisotopic (exact) mass is 406 g/mol. The largest absolute Gasteiger partial charge is 0.451 e. The van der Waals surface area contributed by atoms with Crippen molar-refractivity contribution in [2.75, 3.05) is 13.2 Å². The summed E-state index contributed by atoms with van der Waals surface area (Å²) in [6.45, 7) is -0.0418. The fourth-order valence-corrected chi connectivity index (χ4v) is 4.79. The van der Waals surface area contributed by atoms with E-state index < -0.39 is 24.5 Å². The van der Waals surface area contributed by atoms with E-state index in [4.69, 9.17) is 4.74 Å². The topological polar surface area (TPSA) is 84.5 Å². The van der Waals surface area contributed by atoms with E-state index in [9.17, 15) is 14.4 Å². The van der Waals surface area contributed by atoms with Crippen LogP contribution in [0, 0.1) is 0 Å². The predicted octanol–water partition coefficient (Wildman–Crippen LogP) is 3.30. The normalized spacial score (nSPS) is 13.3. The maximum Gasteiger partial charge on any atom is 0.348 e. The van der Waals surface area contributed by atoms with Gasteiger partial charge in [-0.3, -0.25) is 10.1 Å². The molecule has 144 valence electrons. The Kier molecular flexibility index (Phi) is 7.00. The molecule has 0 aliphatic heterocycles. The van der Waals surface area contributed by atoms with Crippen LogP contribution in [-0.4, -0.2) is 31.1 Å². The van der Waals surface area contributed by atoms with Crippen molar-refractivity contribution in [2.24, 2.45) is 0 Å². The zero-order chi connectivity index (χ0) is 19.1. The molecule has 0 atom stereocenters. The summed E-state index contributed by atoms with van der Waals surface area (Å²) >= 11 is 3.06. The molecule has 3 rings (SSSR count). The van der Waals surface area contributed by atoms with Gasteiger partial charge in [-0.25, -0.2) is 9.59 Å². The molecule has 0 aromatic carbocycles. The smallest absolute Gasteiger partial charge is 0.348 e. The zero-order valence-electron chi connectivity index (χ0n) is 14.9. The number of urea groups is 1. The van der Waals surface area contributed by atoms with Crippen molar-refractivity contribution >= 4 is 40.6 Å². The summed E-state index contributed by atoms with van der Waals surface area (Å²) in [5.74, 6) is -1.16. The molecule has 0 fully saturated rings. The Morgan fingerprint density at radius 1 is 1.15 bits per heavy atom. The highest BCUT2D eigenvalue weighted by molar-refractivity contribution is 7.14. The number of hydrogen-bond acceptors (Lipinski definition) is 6. The molecule has 2 aromatic rings. The summed E-state index contributed by atoms with van der Waals surface area (Å²) in [6, 6.07) is 5.22. The van der Waals surface area contributed by atoms with E-state index in [2.05, 4.69) is 10.6 Å². The third-order valence-electron chi connectivity index (χ3n) is 4.27. The summed E-state index contributed by atoms with van der Waals surface area (Å²) in [6.07, 6.45) is 6.20. The molecule has 8 heteroatoms. The molecule has 2 aromatic heterocycles. The van der Waals surface area contributed by atoms with Crippen LogP contribution in [0.15, 0.2) is 23.6 Å². The molecular weight excluding hydrogens is 384 g/mol. The van der Waals surface area contributed by atoms with Gasteiger partial charge in [0.25, 0.3) is 5.91 Å². The second-order valence-corrected chi connectivity index (χ2v) is 8.50. The summed E-state index contributed by atoms with van der Waals surface area (Å²) in [7, 11) is 0. The average Bonchev–Trinajstić information content (AvgIpc) is 3.25. The van der Waals surface area contributed by atoms with Crippen molar-refractivity contribution in [1.82, 2.24) is 10.6 Å². The number of esters is 1. The molecule has 1 aliphatic rings. The van der Waals surface area contributed by atoms with Gasteiger partial charge in [-0.1, -0.05) is 12.5 Å². The van der Waals surface area contributed by atoms with Crippen LogP contribution in [0.2, 0.25) is 0 Å². The highest BCUT2D eigenvalue weighted by Gasteiger charge is 2.18. The molecule has 27 heavy (non-hydrogen) atoms. The molecule has 0 bridgehead atoms. The lowest BCUT2D eigenvalue weighted by Crippen LogP contribution is -2.42. The Labute approximate surface area is 165 Å². The van der Waals surface area contributed by atoms with Crippen LogP contribution in [0.1, 0.15) is 44.3 Å². The van der Waals surface area contributed by atoms with Gasteiger partial charge in [-0.15, -0.1) is 22.7 Å². The molecule has 0 spiro atoms. The van der Waals surface area contributed by atoms with Crippen LogP contribution < -0.4 is 10.6 Å². The molecule has 0 saturated carbocycles. The Morgan fingerprint density at radius 3 is 2.81 bits per heavy atom. The minimum Gasteiger partial charge on any atom is -0.451 e. The molecule has 6 nitrogen and oxygen atoms in total. The fourth-order valence-electron chi connectivity index (χ4n) is 2.93. The number of rotatable bonds is 6. The van der Waals surface area contributed by atoms with Gasteiger partial charge in [0.15, 0.2) is 6.61 Å². The predicted molar refractivity (Wildman–Crippen MR) is 105 cm³/mol. The maximum atomic E-state index is 12.2. The highest BCUT2D eigenvalue weighted by atomic mass is 32.1. The molecular formula is C19H22N2O4S2. The zero-order valence-corrected chi connectivity index (χ0v) is 16.5. The number of carbonyl (C=O) groups is 3. The number of hydrogen-bond donors (Lipinski definition) is 2. The number of imide groups is 1. The Balaban J connectivity index is 1.38. The van der Waals surface area contributed by atoms with Crippen LogP contribution in [0.3, 0.4) is 0 Å². The van der Waals surface area contributed by atoms with Crippen LogP contribution in [0.25, 0.3) is 0 Å². The van der Waals surface area contributed by atoms with Gasteiger partial charge < -0.3 is 10.1 Å². The van der Waals surface area contributed by atoms with Crippen molar-refractivity contribution in [3.05, 3.63) is 43.8 Å².